The van der Waals surface area contributed by atoms with Gasteiger partial charge in [-0.1, -0.05) is 0 Å². The Morgan fingerprint density at radius 2 is 2.48 bits per heavy atom. The van der Waals surface area contributed by atoms with Crippen molar-refractivity contribution in [3.63, 3.8) is 0 Å². The molecule has 2 fully saturated rings. The number of methoxy groups -OCH3 is 1. The van der Waals surface area contributed by atoms with Gasteiger partial charge < -0.3 is 18.8 Å². The first-order valence-electron chi connectivity index (χ1n) is 7.67. The molecule has 21 heavy (non-hydrogen) atoms. The molecule has 0 aromatic carbocycles. The molecular weight excluding hydrogens is 270 g/mol. The molecule has 0 aliphatic carbocycles. The van der Waals surface area contributed by atoms with Gasteiger partial charge in [0, 0.05) is 26.8 Å². The molecule has 1 spiro atoms. The smallest absolute Gasteiger partial charge is 0.257 e. The minimum absolute atomic E-state index is 0.0479. The molecule has 5 heteroatoms. The van der Waals surface area contributed by atoms with Gasteiger partial charge in [0.2, 0.25) is 0 Å². The Labute approximate surface area is 125 Å². The molecule has 0 radical (unpaired) electrons. The average molecular weight is 293 g/mol. The van der Waals surface area contributed by atoms with E-state index in [0.29, 0.717) is 18.0 Å². The third-order valence-electron chi connectivity index (χ3n) is 4.61. The lowest BCUT2D eigenvalue weighted by molar-refractivity contribution is -0.0450. The molecule has 1 aromatic rings. The predicted octanol–water partition coefficient (Wildman–Crippen LogP) is 2.33. The van der Waals surface area contributed by atoms with Crippen LogP contribution in [-0.4, -0.2) is 49.8 Å². The highest BCUT2D eigenvalue weighted by Crippen LogP contribution is 2.38. The molecule has 0 N–H and O–H groups in total. The second kappa shape index (κ2) is 6.20. The SMILES string of the molecule is COCC[C@H]1CO[C@]2(CCCN(C(=O)c3ccoc3)C2)C1. The molecule has 0 bridgehead atoms. The lowest BCUT2D eigenvalue weighted by atomic mass is 9.85. The van der Waals surface area contributed by atoms with Crippen LogP contribution in [-0.2, 0) is 9.47 Å². The molecule has 0 saturated carbocycles. The highest BCUT2D eigenvalue weighted by molar-refractivity contribution is 5.93. The number of piperidine rings is 1. The van der Waals surface area contributed by atoms with Crippen LogP contribution in [0.25, 0.3) is 0 Å². The first-order valence-corrected chi connectivity index (χ1v) is 7.67. The summed E-state index contributed by atoms with van der Waals surface area (Å²) in [6.45, 7) is 3.07. The van der Waals surface area contributed by atoms with Crippen molar-refractivity contribution >= 4 is 5.91 Å². The maximum Gasteiger partial charge on any atom is 0.257 e. The topological polar surface area (TPSA) is 51.9 Å². The molecule has 0 unspecified atom stereocenters. The van der Waals surface area contributed by atoms with Crippen molar-refractivity contribution in [2.45, 2.75) is 31.3 Å². The van der Waals surface area contributed by atoms with E-state index in [1.807, 2.05) is 4.90 Å². The van der Waals surface area contributed by atoms with Crippen molar-refractivity contribution in [2.75, 3.05) is 33.4 Å². The normalized spacial score (nSPS) is 29.2. The Morgan fingerprint density at radius 1 is 1.57 bits per heavy atom. The van der Waals surface area contributed by atoms with Gasteiger partial charge in [-0.2, -0.15) is 0 Å². The first kappa shape index (κ1) is 14.6. The zero-order valence-corrected chi connectivity index (χ0v) is 12.5. The molecule has 2 atom stereocenters. The van der Waals surface area contributed by atoms with E-state index >= 15 is 0 Å². The predicted molar refractivity (Wildman–Crippen MR) is 77.1 cm³/mol. The van der Waals surface area contributed by atoms with Crippen LogP contribution in [0.1, 0.15) is 36.0 Å². The number of hydrogen-bond acceptors (Lipinski definition) is 4. The van der Waals surface area contributed by atoms with Crippen molar-refractivity contribution in [3.05, 3.63) is 24.2 Å². The standard InChI is InChI=1S/C16H23NO4/c1-19-7-3-13-9-16(21-10-13)5-2-6-17(12-16)15(18)14-4-8-20-11-14/h4,8,11,13H,2-3,5-7,9-10,12H2,1H3/t13-,16-/m1/s1. The number of carbonyl (C=O) groups is 1. The van der Waals surface area contributed by atoms with Crippen LogP contribution in [0.4, 0.5) is 0 Å². The summed E-state index contributed by atoms with van der Waals surface area (Å²) in [4.78, 5) is 14.4. The number of hydrogen-bond donors (Lipinski definition) is 0. The van der Waals surface area contributed by atoms with E-state index in [-0.39, 0.29) is 11.5 Å². The van der Waals surface area contributed by atoms with Crippen LogP contribution < -0.4 is 0 Å². The van der Waals surface area contributed by atoms with E-state index in [2.05, 4.69) is 0 Å². The highest BCUT2D eigenvalue weighted by Gasteiger charge is 2.44. The fourth-order valence-electron chi connectivity index (χ4n) is 3.53. The van der Waals surface area contributed by atoms with Crippen LogP contribution in [0.15, 0.2) is 23.0 Å². The second-order valence-electron chi connectivity index (χ2n) is 6.19. The molecule has 1 amide bonds. The fourth-order valence-corrected chi connectivity index (χ4v) is 3.53. The van der Waals surface area contributed by atoms with Crippen LogP contribution in [0.2, 0.25) is 0 Å². The summed E-state index contributed by atoms with van der Waals surface area (Å²) in [6.07, 6.45) is 7.17. The number of likely N-dealkylation sites (tertiary alicyclic amines) is 1. The number of rotatable bonds is 4. The van der Waals surface area contributed by atoms with Gasteiger partial charge in [0.1, 0.15) is 6.26 Å². The Bertz CT molecular complexity index is 473. The Balaban J connectivity index is 1.62. The van der Waals surface area contributed by atoms with Crippen molar-refractivity contribution in [2.24, 2.45) is 5.92 Å². The van der Waals surface area contributed by atoms with Gasteiger partial charge in [0.05, 0.1) is 24.0 Å². The number of nitrogens with zero attached hydrogens (tertiary/aromatic N) is 1. The Kier molecular flexibility index (Phi) is 4.31. The third-order valence-corrected chi connectivity index (χ3v) is 4.61. The molecule has 3 rings (SSSR count). The lowest BCUT2D eigenvalue weighted by Crippen LogP contribution is -2.50. The molecule has 3 heterocycles. The summed E-state index contributed by atoms with van der Waals surface area (Å²) in [7, 11) is 1.73. The van der Waals surface area contributed by atoms with Crippen LogP contribution in [0.5, 0.6) is 0 Å². The minimum atomic E-state index is -0.143. The summed E-state index contributed by atoms with van der Waals surface area (Å²) >= 11 is 0. The number of amides is 1. The molecule has 2 aliphatic heterocycles. The molecule has 116 valence electrons. The van der Waals surface area contributed by atoms with E-state index in [4.69, 9.17) is 13.9 Å². The largest absolute Gasteiger partial charge is 0.472 e. The van der Waals surface area contributed by atoms with E-state index in [1.54, 1.807) is 19.4 Å². The van der Waals surface area contributed by atoms with Gasteiger partial charge in [-0.15, -0.1) is 0 Å². The summed E-state index contributed by atoms with van der Waals surface area (Å²) < 4.78 is 16.3. The van der Waals surface area contributed by atoms with Crippen LogP contribution in [0.3, 0.4) is 0 Å². The van der Waals surface area contributed by atoms with E-state index < -0.39 is 0 Å². The molecule has 1 aromatic heterocycles. The molecule has 2 aliphatic rings. The second-order valence-corrected chi connectivity index (χ2v) is 6.19. The number of carbonyl (C=O) groups excluding carboxylic acids is 1. The zero-order chi connectivity index (χ0) is 14.7. The maximum absolute atomic E-state index is 12.4. The van der Waals surface area contributed by atoms with Crippen molar-refractivity contribution < 1.29 is 18.7 Å². The van der Waals surface area contributed by atoms with E-state index in [9.17, 15) is 4.79 Å². The summed E-state index contributed by atoms with van der Waals surface area (Å²) in [6, 6.07) is 1.72. The van der Waals surface area contributed by atoms with Gasteiger partial charge in [0.25, 0.3) is 5.91 Å². The maximum atomic E-state index is 12.4. The quantitative estimate of drug-likeness (QED) is 0.855. The summed E-state index contributed by atoms with van der Waals surface area (Å²) in [5.74, 6) is 0.598. The fraction of sp³-hybridized carbons (Fsp3) is 0.688. The van der Waals surface area contributed by atoms with Gasteiger partial charge in [-0.25, -0.2) is 0 Å². The van der Waals surface area contributed by atoms with Crippen molar-refractivity contribution in [3.8, 4) is 0 Å². The third kappa shape index (κ3) is 3.14. The number of ether oxygens (including phenoxy) is 2. The minimum Gasteiger partial charge on any atom is -0.472 e. The van der Waals surface area contributed by atoms with E-state index in [1.165, 1.54) is 6.26 Å². The van der Waals surface area contributed by atoms with Crippen molar-refractivity contribution in [1.29, 1.82) is 0 Å². The molecule has 2 saturated heterocycles. The van der Waals surface area contributed by atoms with Gasteiger partial charge in [-0.3, -0.25) is 4.79 Å². The molecular formula is C16H23NO4. The summed E-state index contributed by atoms with van der Waals surface area (Å²) in [5, 5.41) is 0. The summed E-state index contributed by atoms with van der Waals surface area (Å²) in [5.41, 5.74) is 0.483. The average Bonchev–Trinajstić information content (AvgIpc) is 3.15. The van der Waals surface area contributed by atoms with Crippen molar-refractivity contribution in [1.82, 2.24) is 4.90 Å². The van der Waals surface area contributed by atoms with E-state index in [0.717, 1.165) is 45.4 Å². The van der Waals surface area contributed by atoms with Gasteiger partial charge in [0.15, 0.2) is 0 Å². The van der Waals surface area contributed by atoms with Gasteiger partial charge >= 0.3 is 0 Å². The van der Waals surface area contributed by atoms with Gasteiger partial charge in [-0.05, 0) is 37.7 Å². The lowest BCUT2D eigenvalue weighted by Gasteiger charge is -2.39. The monoisotopic (exact) mass is 293 g/mol. The zero-order valence-electron chi connectivity index (χ0n) is 12.5. The highest BCUT2D eigenvalue weighted by atomic mass is 16.5. The first-order chi connectivity index (χ1) is 10.2. The molecule has 5 nitrogen and oxygen atoms in total. The van der Waals surface area contributed by atoms with Crippen LogP contribution >= 0.6 is 0 Å². The number of furan rings is 1. The Morgan fingerprint density at radius 3 is 3.24 bits per heavy atom. The Hall–Kier alpha value is -1.33. The van der Waals surface area contributed by atoms with Crippen LogP contribution in [0, 0.1) is 5.92 Å².